The van der Waals surface area contributed by atoms with E-state index in [2.05, 4.69) is 53.4 Å². The van der Waals surface area contributed by atoms with E-state index in [-0.39, 0.29) is 22.8 Å². The lowest BCUT2D eigenvalue weighted by atomic mass is 9.78. The van der Waals surface area contributed by atoms with Crippen molar-refractivity contribution in [2.45, 2.75) is 67.9 Å². The topological polar surface area (TPSA) is 35.9 Å². The van der Waals surface area contributed by atoms with Gasteiger partial charge in [-0.25, -0.2) is 0 Å². The SMILES string of the molecule is CCC(=O)N1CCN2C(C(C)(C)C)=N[C@@H](C)C(C(C)(C)C)=C2C1. The van der Waals surface area contributed by atoms with Crippen LogP contribution in [0, 0.1) is 10.8 Å². The van der Waals surface area contributed by atoms with Gasteiger partial charge < -0.3 is 9.80 Å². The molecule has 0 aliphatic carbocycles. The first kappa shape index (κ1) is 18.0. The highest BCUT2D eigenvalue weighted by Gasteiger charge is 2.40. The number of fused-ring (bicyclic) bond motifs is 1. The Bertz CT molecular complexity index is 546. The average molecular weight is 319 g/mol. The van der Waals surface area contributed by atoms with Crippen molar-refractivity contribution in [1.82, 2.24) is 9.80 Å². The van der Waals surface area contributed by atoms with Crippen LogP contribution in [0.15, 0.2) is 16.3 Å². The molecule has 0 bridgehead atoms. The van der Waals surface area contributed by atoms with Gasteiger partial charge in [-0.2, -0.15) is 0 Å². The lowest BCUT2D eigenvalue weighted by Gasteiger charge is -2.48. The lowest BCUT2D eigenvalue weighted by molar-refractivity contribution is -0.131. The first-order valence-electron chi connectivity index (χ1n) is 8.84. The number of hydrogen-bond donors (Lipinski definition) is 0. The third-order valence-electron chi connectivity index (χ3n) is 4.69. The van der Waals surface area contributed by atoms with Crippen molar-refractivity contribution >= 4 is 11.7 Å². The van der Waals surface area contributed by atoms with E-state index in [1.165, 1.54) is 11.3 Å². The maximum atomic E-state index is 12.2. The van der Waals surface area contributed by atoms with E-state index in [0.29, 0.717) is 6.42 Å². The molecule has 0 N–H and O–H groups in total. The van der Waals surface area contributed by atoms with Crippen molar-refractivity contribution in [3.8, 4) is 0 Å². The summed E-state index contributed by atoms with van der Waals surface area (Å²) in [5, 5.41) is 0. The molecular weight excluding hydrogens is 286 g/mol. The van der Waals surface area contributed by atoms with Crippen molar-refractivity contribution in [2.24, 2.45) is 15.8 Å². The summed E-state index contributed by atoms with van der Waals surface area (Å²) in [6, 6.07) is 0.173. The Hall–Kier alpha value is -1.32. The molecule has 1 fully saturated rings. The minimum atomic E-state index is 0.0137. The van der Waals surface area contributed by atoms with Crippen LogP contribution < -0.4 is 0 Å². The van der Waals surface area contributed by atoms with Crippen LogP contribution in [0.3, 0.4) is 0 Å². The minimum absolute atomic E-state index is 0.0137. The minimum Gasteiger partial charge on any atom is -0.335 e. The number of piperazine rings is 1. The van der Waals surface area contributed by atoms with Gasteiger partial charge in [0.25, 0.3) is 0 Å². The molecule has 0 unspecified atom stereocenters. The van der Waals surface area contributed by atoms with Crippen molar-refractivity contribution in [3.05, 3.63) is 11.3 Å². The molecule has 2 rings (SSSR count). The largest absolute Gasteiger partial charge is 0.335 e. The first-order chi connectivity index (χ1) is 10.5. The summed E-state index contributed by atoms with van der Waals surface area (Å²) < 4.78 is 0. The van der Waals surface area contributed by atoms with Crippen molar-refractivity contribution in [3.63, 3.8) is 0 Å². The molecule has 4 heteroatoms. The Morgan fingerprint density at radius 2 is 1.74 bits per heavy atom. The summed E-state index contributed by atoms with van der Waals surface area (Å²) in [5.74, 6) is 1.41. The van der Waals surface area contributed by atoms with Crippen molar-refractivity contribution in [2.75, 3.05) is 19.6 Å². The van der Waals surface area contributed by atoms with Gasteiger partial charge in [0.1, 0.15) is 5.84 Å². The van der Waals surface area contributed by atoms with Gasteiger partial charge in [-0.3, -0.25) is 9.79 Å². The van der Waals surface area contributed by atoms with Crippen LogP contribution in [0.25, 0.3) is 0 Å². The number of aliphatic imine (C=N–C) groups is 1. The van der Waals surface area contributed by atoms with E-state index >= 15 is 0 Å². The van der Waals surface area contributed by atoms with E-state index in [4.69, 9.17) is 4.99 Å². The first-order valence-corrected chi connectivity index (χ1v) is 8.84. The molecule has 23 heavy (non-hydrogen) atoms. The predicted molar refractivity (Wildman–Crippen MR) is 96.4 cm³/mol. The van der Waals surface area contributed by atoms with E-state index in [1.807, 2.05) is 11.8 Å². The second kappa shape index (κ2) is 5.95. The molecule has 2 aliphatic heterocycles. The number of carbonyl (C=O) groups is 1. The highest BCUT2D eigenvalue weighted by atomic mass is 16.2. The van der Waals surface area contributed by atoms with Gasteiger partial charge in [-0.1, -0.05) is 48.5 Å². The lowest BCUT2D eigenvalue weighted by Crippen LogP contribution is -2.55. The van der Waals surface area contributed by atoms with E-state index in [0.717, 1.165) is 25.5 Å². The molecule has 1 atom stereocenters. The molecule has 130 valence electrons. The molecule has 0 aromatic rings. The third kappa shape index (κ3) is 3.46. The Morgan fingerprint density at radius 3 is 2.22 bits per heavy atom. The number of nitrogens with zero attached hydrogens (tertiary/aromatic N) is 3. The fraction of sp³-hybridized carbons (Fsp3) is 0.789. The van der Waals surface area contributed by atoms with E-state index in [1.54, 1.807) is 0 Å². The molecule has 1 saturated heterocycles. The summed E-state index contributed by atoms with van der Waals surface area (Å²) >= 11 is 0. The normalized spacial score (nSPS) is 23.0. The quantitative estimate of drug-likeness (QED) is 0.739. The number of amides is 1. The van der Waals surface area contributed by atoms with Gasteiger partial charge in [0.2, 0.25) is 5.91 Å². The van der Waals surface area contributed by atoms with Gasteiger partial charge in [0.05, 0.1) is 12.6 Å². The van der Waals surface area contributed by atoms with Crippen LogP contribution >= 0.6 is 0 Å². The molecule has 1 amide bonds. The molecule has 2 heterocycles. The molecule has 0 aromatic carbocycles. The number of hydrogen-bond acceptors (Lipinski definition) is 3. The molecule has 0 spiro atoms. The zero-order chi connectivity index (χ0) is 17.6. The third-order valence-corrected chi connectivity index (χ3v) is 4.69. The summed E-state index contributed by atoms with van der Waals surface area (Å²) in [7, 11) is 0. The maximum absolute atomic E-state index is 12.2. The van der Waals surface area contributed by atoms with Crippen LogP contribution in [0.5, 0.6) is 0 Å². The molecule has 0 radical (unpaired) electrons. The molecular formula is C19H33N3O. The van der Waals surface area contributed by atoms with Gasteiger partial charge in [-0.15, -0.1) is 0 Å². The van der Waals surface area contributed by atoms with Gasteiger partial charge in [-0.05, 0) is 17.9 Å². The Labute approximate surface area is 141 Å². The van der Waals surface area contributed by atoms with E-state index < -0.39 is 0 Å². The monoisotopic (exact) mass is 319 g/mol. The highest BCUT2D eigenvalue weighted by Crippen LogP contribution is 2.40. The number of amidine groups is 1. The second-order valence-corrected chi connectivity index (χ2v) is 8.81. The summed E-state index contributed by atoms with van der Waals surface area (Å²) in [6.07, 6.45) is 0.577. The maximum Gasteiger partial charge on any atom is 0.222 e. The molecule has 0 aromatic heterocycles. The zero-order valence-electron chi connectivity index (χ0n) is 16.2. The molecule has 0 saturated carbocycles. The average Bonchev–Trinajstić information content (AvgIpc) is 2.42. The van der Waals surface area contributed by atoms with Crippen LogP contribution in [-0.4, -0.2) is 47.2 Å². The summed E-state index contributed by atoms with van der Waals surface area (Å²) in [5.41, 5.74) is 2.75. The summed E-state index contributed by atoms with van der Waals surface area (Å²) in [4.78, 5) is 21.7. The fourth-order valence-electron chi connectivity index (χ4n) is 3.82. The highest BCUT2D eigenvalue weighted by molar-refractivity contribution is 5.90. The van der Waals surface area contributed by atoms with E-state index in [9.17, 15) is 4.79 Å². The predicted octanol–water partition coefficient (Wildman–Crippen LogP) is 3.69. The van der Waals surface area contributed by atoms with Crippen molar-refractivity contribution in [1.29, 1.82) is 0 Å². The van der Waals surface area contributed by atoms with Crippen molar-refractivity contribution < 1.29 is 4.79 Å². The molecule has 2 aliphatic rings. The fourth-order valence-corrected chi connectivity index (χ4v) is 3.82. The van der Waals surface area contributed by atoms with Crippen LogP contribution in [0.1, 0.15) is 61.8 Å². The Morgan fingerprint density at radius 1 is 1.13 bits per heavy atom. The van der Waals surface area contributed by atoms with Crippen LogP contribution in [-0.2, 0) is 4.79 Å². The van der Waals surface area contributed by atoms with Crippen LogP contribution in [0.2, 0.25) is 0 Å². The Balaban J connectivity index is 2.50. The van der Waals surface area contributed by atoms with Gasteiger partial charge >= 0.3 is 0 Å². The summed E-state index contributed by atoms with van der Waals surface area (Å²) in [6.45, 7) is 19.9. The van der Waals surface area contributed by atoms with Gasteiger partial charge in [0, 0.05) is 30.6 Å². The zero-order valence-corrected chi connectivity index (χ0v) is 16.2. The number of rotatable bonds is 1. The van der Waals surface area contributed by atoms with Gasteiger partial charge in [0.15, 0.2) is 0 Å². The van der Waals surface area contributed by atoms with Crippen LogP contribution in [0.4, 0.5) is 0 Å². The Kier molecular flexibility index (Phi) is 4.67. The second-order valence-electron chi connectivity index (χ2n) is 8.81. The smallest absolute Gasteiger partial charge is 0.222 e. The molecule has 4 nitrogen and oxygen atoms in total. The standard InChI is InChI=1S/C19H33N3O/c1-9-15(23)21-10-11-22-14(12-21)16(18(3,4)5)13(2)20-17(22)19(6,7)8/h13H,9-12H2,1-8H3/t13-/m0/s1. The number of carbonyl (C=O) groups excluding carboxylic acids is 1.